The Morgan fingerprint density at radius 1 is 1.42 bits per heavy atom. The lowest BCUT2D eigenvalue weighted by Crippen LogP contribution is -2.63. The third-order valence-electron chi connectivity index (χ3n) is 5.44. The molecule has 0 bridgehead atoms. The van der Waals surface area contributed by atoms with Crippen LogP contribution in [0.25, 0.3) is 0 Å². The quantitative estimate of drug-likeness (QED) is 0.619. The Balaban J connectivity index is 1.55. The van der Waals surface area contributed by atoms with E-state index in [9.17, 15) is 4.39 Å². The Bertz CT molecular complexity index is 678. The van der Waals surface area contributed by atoms with Gasteiger partial charge in [-0.25, -0.2) is 4.39 Å². The molecule has 2 N–H and O–H groups in total. The lowest BCUT2D eigenvalue weighted by atomic mass is 9.64. The van der Waals surface area contributed by atoms with Crippen LogP contribution in [0, 0.1) is 11.2 Å². The van der Waals surface area contributed by atoms with E-state index in [4.69, 9.17) is 14.2 Å². The van der Waals surface area contributed by atoms with E-state index in [0.29, 0.717) is 25.6 Å². The van der Waals surface area contributed by atoms with Gasteiger partial charge in [0.1, 0.15) is 11.6 Å². The molecule has 0 saturated heterocycles. The predicted molar refractivity (Wildman–Crippen MR) is 97.9 cm³/mol. The van der Waals surface area contributed by atoms with Crippen molar-refractivity contribution in [3.05, 3.63) is 29.1 Å². The number of ether oxygens (including phenoxy) is 3. The van der Waals surface area contributed by atoms with Crippen LogP contribution in [0.5, 0.6) is 5.75 Å². The van der Waals surface area contributed by atoms with Gasteiger partial charge in [-0.05, 0) is 30.5 Å². The molecule has 1 heterocycles. The zero-order valence-electron chi connectivity index (χ0n) is 15.9. The Kier molecular flexibility index (Phi) is 5.67. The van der Waals surface area contributed by atoms with Crippen molar-refractivity contribution < 1.29 is 18.6 Å². The van der Waals surface area contributed by atoms with Gasteiger partial charge in [0, 0.05) is 37.7 Å². The average molecular weight is 365 g/mol. The molecular weight excluding hydrogens is 337 g/mol. The van der Waals surface area contributed by atoms with Crippen molar-refractivity contribution in [1.82, 2.24) is 10.6 Å². The summed E-state index contributed by atoms with van der Waals surface area (Å²) in [5, 5.41) is 6.75. The minimum atomic E-state index is -0.266. The molecule has 7 heteroatoms. The van der Waals surface area contributed by atoms with Crippen molar-refractivity contribution in [2.45, 2.75) is 45.4 Å². The number of guanidine groups is 1. The largest absolute Gasteiger partial charge is 0.467 e. The Labute approximate surface area is 154 Å². The second-order valence-electron chi connectivity index (χ2n) is 7.39. The van der Waals surface area contributed by atoms with Gasteiger partial charge in [0.25, 0.3) is 0 Å². The summed E-state index contributed by atoms with van der Waals surface area (Å²) in [5.41, 5.74) is 1.66. The molecular formula is C19H28FN3O3. The maximum absolute atomic E-state index is 13.8. The first kappa shape index (κ1) is 18.9. The van der Waals surface area contributed by atoms with Crippen LogP contribution in [0.3, 0.4) is 0 Å². The number of aliphatic imine (C=N–C) groups is 1. The topological polar surface area (TPSA) is 64.1 Å². The van der Waals surface area contributed by atoms with Crippen molar-refractivity contribution in [2.75, 3.05) is 27.5 Å². The Morgan fingerprint density at radius 3 is 2.92 bits per heavy atom. The highest BCUT2D eigenvalue weighted by molar-refractivity contribution is 5.80. The van der Waals surface area contributed by atoms with Gasteiger partial charge in [0.15, 0.2) is 12.8 Å². The molecule has 1 aromatic rings. The van der Waals surface area contributed by atoms with E-state index >= 15 is 0 Å². The monoisotopic (exact) mass is 365 g/mol. The number of halogens is 1. The molecule has 144 valence electrons. The minimum absolute atomic E-state index is 0.0574. The maximum Gasteiger partial charge on any atom is 0.191 e. The number of hydrogen-bond acceptors (Lipinski definition) is 4. The van der Waals surface area contributed by atoms with Gasteiger partial charge >= 0.3 is 0 Å². The van der Waals surface area contributed by atoms with Crippen LogP contribution in [-0.2, 0) is 22.5 Å². The average Bonchev–Trinajstić information content (AvgIpc) is 2.62. The molecule has 1 aliphatic heterocycles. The summed E-state index contributed by atoms with van der Waals surface area (Å²) >= 11 is 0. The molecule has 1 aromatic carbocycles. The Morgan fingerprint density at radius 2 is 2.23 bits per heavy atom. The van der Waals surface area contributed by atoms with Crippen molar-refractivity contribution >= 4 is 5.96 Å². The summed E-state index contributed by atoms with van der Waals surface area (Å²) in [6.45, 7) is 5.59. The number of methoxy groups -OCH3 is 1. The maximum atomic E-state index is 13.8. The first-order valence-electron chi connectivity index (χ1n) is 8.97. The molecule has 3 rings (SSSR count). The van der Waals surface area contributed by atoms with E-state index in [1.54, 1.807) is 14.2 Å². The van der Waals surface area contributed by atoms with E-state index < -0.39 is 0 Å². The molecule has 1 saturated carbocycles. The van der Waals surface area contributed by atoms with Crippen LogP contribution in [0.1, 0.15) is 31.4 Å². The van der Waals surface area contributed by atoms with E-state index in [1.807, 2.05) is 0 Å². The molecule has 1 aliphatic carbocycles. The van der Waals surface area contributed by atoms with Crippen molar-refractivity contribution in [3.63, 3.8) is 0 Å². The summed E-state index contributed by atoms with van der Waals surface area (Å²) < 4.78 is 30.1. The fourth-order valence-electron chi connectivity index (χ4n) is 3.65. The van der Waals surface area contributed by atoms with Gasteiger partial charge in [-0.2, -0.15) is 0 Å². The molecule has 2 unspecified atom stereocenters. The highest BCUT2D eigenvalue weighted by atomic mass is 19.1. The van der Waals surface area contributed by atoms with E-state index in [1.165, 1.54) is 12.1 Å². The number of nitrogens with one attached hydrogen (secondary N) is 2. The fourth-order valence-corrected chi connectivity index (χ4v) is 3.65. The normalized spacial score (nSPS) is 24.3. The molecule has 0 aromatic heterocycles. The van der Waals surface area contributed by atoms with Crippen LogP contribution in [-0.4, -0.2) is 45.6 Å². The predicted octanol–water partition coefficient (Wildman–Crippen LogP) is 2.21. The summed E-state index contributed by atoms with van der Waals surface area (Å²) in [7, 11) is 3.50. The number of nitrogens with zero attached hydrogens (tertiary/aromatic N) is 1. The van der Waals surface area contributed by atoms with Crippen LogP contribution >= 0.6 is 0 Å². The number of hydrogen-bond donors (Lipinski definition) is 2. The van der Waals surface area contributed by atoms with Crippen LogP contribution in [0.4, 0.5) is 4.39 Å². The van der Waals surface area contributed by atoms with Crippen molar-refractivity contribution in [2.24, 2.45) is 10.4 Å². The van der Waals surface area contributed by atoms with Gasteiger partial charge in [-0.3, -0.25) is 4.99 Å². The van der Waals surface area contributed by atoms with E-state index in [-0.39, 0.29) is 24.1 Å². The number of fused-ring (bicyclic) bond motifs is 1. The molecule has 0 amide bonds. The summed E-state index contributed by atoms with van der Waals surface area (Å²) in [5.74, 6) is 1.22. The molecule has 2 aliphatic rings. The van der Waals surface area contributed by atoms with Crippen molar-refractivity contribution in [1.29, 1.82) is 0 Å². The second kappa shape index (κ2) is 7.80. The van der Waals surface area contributed by atoms with E-state index in [0.717, 1.165) is 29.3 Å². The number of rotatable bonds is 5. The molecule has 26 heavy (non-hydrogen) atoms. The van der Waals surface area contributed by atoms with Gasteiger partial charge in [0.2, 0.25) is 0 Å². The molecule has 0 radical (unpaired) electrons. The highest BCUT2D eigenvalue weighted by Gasteiger charge is 2.48. The summed E-state index contributed by atoms with van der Waals surface area (Å²) in [6, 6.07) is 3.30. The molecule has 1 fully saturated rings. The molecule has 0 spiro atoms. The van der Waals surface area contributed by atoms with Crippen LogP contribution in [0.2, 0.25) is 0 Å². The van der Waals surface area contributed by atoms with Gasteiger partial charge in [-0.1, -0.05) is 13.8 Å². The SMILES string of the molecule is CN=C(NCCc1cc(F)cc2c1OCOC2)NC1CC(OC)C1(C)C. The van der Waals surface area contributed by atoms with Crippen LogP contribution < -0.4 is 15.4 Å². The standard InChI is InChI=1S/C19H28FN3O3/c1-19(2)15(9-16(19)24-4)23-18(21-3)22-6-5-12-7-14(20)8-13-10-25-11-26-17(12)13/h7-8,15-16H,5-6,9-11H2,1-4H3,(H2,21,22,23). The lowest BCUT2D eigenvalue weighted by molar-refractivity contribution is -0.0922. The zero-order valence-corrected chi connectivity index (χ0v) is 15.9. The third kappa shape index (κ3) is 3.78. The Hall–Kier alpha value is -1.86. The van der Waals surface area contributed by atoms with Crippen LogP contribution in [0.15, 0.2) is 17.1 Å². The first-order chi connectivity index (χ1) is 12.5. The summed E-state index contributed by atoms with van der Waals surface area (Å²) in [4.78, 5) is 4.29. The lowest BCUT2D eigenvalue weighted by Gasteiger charge is -2.51. The van der Waals surface area contributed by atoms with Crippen molar-refractivity contribution in [3.8, 4) is 5.75 Å². The third-order valence-corrected chi connectivity index (χ3v) is 5.44. The molecule has 6 nitrogen and oxygen atoms in total. The minimum Gasteiger partial charge on any atom is -0.467 e. The molecule has 2 atom stereocenters. The van der Waals surface area contributed by atoms with Gasteiger partial charge in [0.05, 0.1) is 12.7 Å². The highest BCUT2D eigenvalue weighted by Crippen LogP contribution is 2.42. The zero-order chi connectivity index (χ0) is 18.7. The number of benzene rings is 1. The van der Waals surface area contributed by atoms with Gasteiger partial charge in [-0.15, -0.1) is 0 Å². The first-order valence-corrected chi connectivity index (χ1v) is 8.97. The van der Waals surface area contributed by atoms with Gasteiger partial charge < -0.3 is 24.8 Å². The summed E-state index contributed by atoms with van der Waals surface area (Å²) in [6.07, 6.45) is 1.85. The van der Waals surface area contributed by atoms with E-state index in [2.05, 4.69) is 29.5 Å². The smallest absolute Gasteiger partial charge is 0.191 e. The fraction of sp³-hybridized carbons (Fsp3) is 0.632. The second-order valence-corrected chi connectivity index (χ2v) is 7.39.